The summed E-state index contributed by atoms with van der Waals surface area (Å²) in [5.41, 5.74) is 2.61. The Bertz CT molecular complexity index is 986. The van der Waals surface area contributed by atoms with Gasteiger partial charge in [-0.25, -0.2) is 8.42 Å². The van der Waals surface area contributed by atoms with Gasteiger partial charge in [0.2, 0.25) is 15.9 Å². The number of anilines is 1. The summed E-state index contributed by atoms with van der Waals surface area (Å²) in [6.45, 7) is 5.17. The standard InChI is InChI=1S/C23H31N3O4S/c1-18(26(31(3,28)29)21-7-6-8-22(15-21)30-2)23(27)24-16-19-9-11-20(12-10-19)17-25-13-4-5-14-25/h6-12,15,18H,4-5,13-14,16-17H2,1-3H3,(H,24,27). The molecule has 1 fully saturated rings. The van der Waals surface area contributed by atoms with Crippen LogP contribution < -0.4 is 14.4 Å². The Morgan fingerprint density at radius 3 is 2.39 bits per heavy atom. The third-order valence-electron chi connectivity index (χ3n) is 5.49. The van der Waals surface area contributed by atoms with Crippen molar-refractivity contribution in [2.24, 2.45) is 0 Å². The smallest absolute Gasteiger partial charge is 0.243 e. The topological polar surface area (TPSA) is 79.0 Å². The van der Waals surface area contributed by atoms with Crippen molar-refractivity contribution in [2.75, 3.05) is 30.8 Å². The maximum atomic E-state index is 12.8. The van der Waals surface area contributed by atoms with Crippen LogP contribution in [0.3, 0.4) is 0 Å². The van der Waals surface area contributed by atoms with E-state index < -0.39 is 16.1 Å². The van der Waals surface area contributed by atoms with Crippen molar-refractivity contribution in [2.45, 2.75) is 38.9 Å². The third-order valence-corrected chi connectivity index (χ3v) is 6.73. The summed E-state index contributed by atoms with van der Waals surface area (Å²) < 4.78 is 31.2. The highest BCUT2D eigenvalue weighted by Crippen LogP contribution is 2.25. The zero-order chi connectivity index (χ0) is 22.4. The number of sulfonamides is 1. The molecule has 1 heterocycles. The number of ether oxygens (including phenoxy) is 1. The molecule has 3 rings (SSSR count). The first-order valence-corrected chi connectivity index (χ1v) is 12.3. The molecule has 1 aliphatic heterocycles. The van der Waals surface area contributed by atoms with Gasteiger partial charge in [0.1, 0.15) is 11.8 Å². The van der Waals surface area contributed by atoms with Crippen molar-refractivity contribution in [3.05, 3.63) is 59.7 Å². The van der Waals surface area contributed by atoms with Crippen LogP contribution in [-0.2, 0) is 27.9 Å². The molecule has 1 aliphatic rings. The maximum Gasteiger partial charge on any atom is 0.243 e. The Morgan fingerprint density at radius 1 is 1.13 bits per heavy atom. The predicted molar refractivity (Wildman–Crippen MR) is 123 cm³/mol. The Balaban J connectivity index is 1.63. The summed E-state index contributed by atoms with van der Waals surface area (Å²) in [5.74, 6) is 0.155. The first-order chi connectivity index (χ1) is 14.8. The van der Waals surface area contributed by atoms with Crippen LogP contribution in [0.15, 0.2) is 48.5 Å². The number of carbonyl (C=O) groups is 1. The minimum atomic E-state index is -3.68. The van der Waals surface area contributed by atoms with Crippen LogP contribution in [0.25, 0.3) is 0 Å². The highest BCUT2D eigenvalue weighted by molar-refractivity contribution is 7.92. The van der Waals surface area contributed by atoms with Gasteiger partial charge in [0, 0.05) is 19.2 Å². The summed E-state index contributed by atoms with van der Waals surface area (Å²) in [5, 5.41) is 2.86. The van der Waals surface area contributed by atoms with Crippen LogP contribution in [0.4, 0.5) is 5.69 Å². The van der Waals surface area contributed by atoms with E-state index in [1.54, 1.807) is 31.2 Å². The van der Waals surface area contributed by atoms with E-state index in [1.807, 2.05) is 12.1 Å². The maximum absolute atomic E-state index is 12.8. The zero-order valence-electron chi connectivity index (χ0n) is 18.4. The fraction of sp³-hybridized carbons (Fsp3) is 0.435. The van der Waals surface area contributed by atoms with Crippen molar-refractivity contribution >= 4 is 21.6 Å². The Labute approximate surface area is 185 Å². The molecule has 0 bridgehead atoms. The normalized spacial score (nSPS) is 15.5. The lowest BCUT2D eigenvalue weighted by molar-refractivity contribution is -0.122. The molecule has 0 aromatic heterocycles. The lowest BCUT2D eigenvalue weighted by Crippen LogP contribution is -2.47. The molecule has 0 aliphatic carbocycles. The third kappa shape index (κ3) is 6.21. The molecule has 0 spiro atoms. The number of hydrogen-bond donors (Lipinski definition) is 1. The van der Waals surface area contributed by atoms with Gasteiger partial charge >= 0.3 is 0 Å². The molecule has 1 atom stereocenters. The number of hydrogen-bond acceptors (Lipinski definition) is 5. The molecular weight excluding hydrogens is 414 g/mol. The number of carbonyl (C=O) groups excluding carboxylic acids is 1. The second-order valence-electron chi connectivity index (χ2n) is 7.95. The lowest BCUT2D eigenvalue weighted by Gasteiger charge is -2.28. The second-order valence-corrected chi connectivity index (χ2v) is 9.81. The van der Waals surface area contributed by atoms with Crippen LogP contribution in [0.5, 0.6) is 5.75 Å². The summed E-state index contributed by atoms with van der Waals surface area (Å²) in [6, 6.07) is 13.9. The van der Waals surface area contributed by atoms with Crippen LogP contribution in [0, 0.1) is 0 Å². The van der Waals surface area contributed by atoms with Crippen molar-refractivity contribution in [1.82, 2.24) is 10.2 Å². The summed E-state index contributed by atoms with van der Waals surface area (Å²) in [4.78, 5) is 15.2. The van der Waals surface area contributed by atoms with Gasteiger partial charge in [0.15, 0.2) is 0 Å². The molecule has 1 N–H and O–H groups in total. The predicted octanol–water partition coefficient (Wildman–Crippen LogP) is 2.76. The number of amides is 1. The molecule has 0 radical (unpaired) electrons. The van der Waals surface area contributed by atoms with Crippen molar-refractivity contribution in [3.8, 4) is 5.75 Å². The van der Waals surface area contributed by atoms with Gasteiger partial charge in [-0.1, -0.05) is 30.3 Å². The van der Waals surface area contributed by atoms with Gasteiger partial charge in [-0.3, -0.25) is 14.0 Å². The number of rotatable bonds is 9. The number of methoxy groups -OCH3 is 1. The number of benzene rings is 2. The molecule has 2 aromatic carbocycles. The average Bonchev–Trinajstić information content (AvgIpc) is 3.25. The summed E-state index contributed by atoms with van der Waals surface area (Å²) in [7, 11) is -2.16. The van der Waals surface area contributed by atoms with E-state index in [0.29, 0.717) is 18.0 Å². The van der Waals surface area contributed by atoms with E-state index >= 15 is 0 Å². The number of likely N-dealkylation sites (tertiary alicyclic amines) is 1. The second kappa shape index (κ2) is 10.2. The largest absolute Gasteiger partial charge is 0.497 e. The Kier molecular flexibility index (Phi) is 7.56. The Morgan fingerprint density at radius 2 is 1.77 bits per heavy atom. The van der Waals surface area contributed by atoms with Gasteiger partial charge in [-0.05, 0) is 56.1 Å². The van der Waals surface area contributed by atoms with E-state index in [9.17, 15) is 13.2 Å². The van der Waals surface area contributed by atoms with Gasteiger partial charge in [0.25, 0.3) is 0 Å². The molecule has 0 saturated carbocycles. The van der Waals surface area contributed by atoms with Gasteiger partial charge in [-0.15, -0.1) is 0 Å². The van der Waals surface area contributed by atoms with Crippen LogP contribution in [0.2, 0.25) is 0 Å². The number of nitrogens with zero attached hydrogens (tertiary/aromatic N) is 2. The SMILES string of the molecule is COc1cccc(N(C(C)C(=O)NCc2ccc(CN3CCCC3)cc2)S(C)(=O)=O)c1. The van der Waals surface area contributed by atoms with Crippen LogP contribution in [-0.4, -0.2) is 51.7 Å². The monoisotopic (exact) mass is 445 g/mol. The fourth-order valence-electron chi connectivity index (χ4n) is 3.85. The molecular formula is C23H31N3O4S. The summed E-state index contributed by atoms with van der Waals surface area (Å²) >= 11 is 0. The van der Waals surface area contributed by atoms with E-state index in [4.69, 9.17) is 4.74 Å². The molecule has 1 unspecified atom stereocenters. The van der Waals surface area contributed by atoms with Crippen molar-refractivity contribution < 1.29 is 17.9 Å². The quantitative estimate of drug-likeness (QED) is 0.642. The highest BCUT2D eigenvalue weighted by atomic mass is 32.2. The van der Waals surface area contributed by atoms with Crippen LogP contribution >= 0.6 is 0 Å². The summed E-state index contributed by atoms with van der Waals surface area (Å²) in [6.07, 6.45) is 3.63. The van der Waals surface area contributed by atoms with E-state index in [2.05, 4.69) is 22.3 Å². The molecule has 8 heteroatoms. The van der Waals surface area contributed by atoms with Gasteiger partial charge < -0.3 is 10.1 Å². The van der Waals surface area contributed by atoms with Crippen molar-refractivity contribution in [1.29, 1.82) is 0 Å². The Hall–Kier alpha value is -2.58. The molecule has 168 valence electrons. The minimum absolute atomic E-state index is 0.336. The minimum Gasteiger partial charge on any atom is -0.497 e. The highest BCUT2D eigenvalue weighted by Gasteiger charge is 2.29. The van der Waals surface area contributed by atoms with Crippen LogP contribution in [0.1, 0.15) is 30.9 Å². The molecule has 1 amide bonds. The number of nitrogens with one attached hydrogen (secondary N) is 1. The molecule has 7 nitrogen and oxygen atoms in total. The van der Waals surface area contributed by atoms with E-state index in [-0.39, 0.29) is 5.91 Å². The lowest BCUT2D eigenvalue weighted by atomic mass is 10.1. The average molecular weight is 446 g/mol. The first kappa shape index (κ1) is 23.1. The molecule has 2 aromatic rings. The molecule has 1 saturated heterocycles. The van der Waals surface area contributed by atoms with Gasteiger partial charge in [-0.2, -0.15) is 0 Å². The molecule has 31 heavy (non-hydrogen) atoms. The van der Waals surface area contributed by atoms with E-state index in [1.165, 1.54) is 25.5 Å². The van der Waals surface area contributed by atoms with Gasteiger partial charge in [0.05, 0.1) is 19.1 Å². The van der Waals surface area contributed by atoms with Crippen molar-refractivity contribution in [3.63, 3.8) is 0 Å². The fourth-order valence-corrected chi connectivity index (χ4v) is 5.02. The van der Waals surface area contributed by atoms with E-state index in [0.717, 1.165) is 35.8 Å². The first-order valence-electron chi connectivity index (χ1n) is 10.5. The zero-order valence-corrected chi connectivity index (χ0v) is 19.2.